The van der Waals surface area contributed by atoms with E-state index < -0.39 is 5.60 Å². The van der Waals surface area contributed by atoms with Crippen molar-refractivity contribution in [3.05, 3.63) is 23.4 Å². The van der Waals surface area contributed by atoms with Crippen LogP contribution in [0.4, 0.5) is 5.82 Å². The van der Waals surface area contributed by atoms with Crippen LogP contribution in [-0.4, -0.2) is 10.1 Å². The van der Waals surface area contributed by atoms with Crippen LogP contribution in [0.5, 0.6) is 0 Å². The molecule has 1 saturated carbocycles. The summed E-state index contributed by atoms with van der Waals surface area (Å²) < 4.78 is 0. The van der Waals surface area contributed by atoms with E-state index in [0.717, 1.165) is 24.0 Å². The third kappa shape index (κ3) is 2.44. The first-order valence-electron chi connectivity index (χ1n) is 6.47. The number of aromatic nitrogens is 1. The van der Waals surface area contributed by atoms with Crippen LogP contribution < -0.4 is 5.73 Å². The van der Waals surface area contributed by atoms with Gasteiger partial charge in [-0.2, -0.15) is 0 Å². The molecule has 0 saturated heterocycles. The van der Waals surface area contributed by atoms with Crippen molar-refractivity contribution >= 4 is 5.82 Å². The summed E-state index contributed by atoms with van der Waals surface area (Å²) in [4.78, 5) is 4.16. The molecule has 1 unspecified atom stereocenters. The largest absolute Gasteiger partial charge is 0.385 e. The van der Waals surface area contributed by atoms with Gasteiger partial charge in [0.05, 0.1) is 5.60 Å². The number of nitrogens with two attached hydrogens (primary N) is 1. The molecule has 0 aliphatic heterocycles. The summed E-state index contributed by atoms with van der Waals surface area (Å²) in [5.74, 6) is 0.772. The fraction of sp³-hybridized carbons (Fsp3) is 0.643. The molecule has 1 aliphatic carbocycles. The van der Waals surface area contributed by atoms with Crippen molar-refractivity contribution in [3.63, 3.8) is 0 Å². The van der Waals surface area contributed by atoms with Gasteiger partial charge in [0.2, 0.25) is 0 Å². The molecule has 0 aromatic carbocycles. The van der Waals surface area contributed by atoms with Crippen LogP contribution in [0.1, 0.15) is 50.2 Å². The van der Waals surface area contributed by atoms with Gasteiger partial charge in [0.1, 0.15) is 5.82 Å². The maximum Gasteiger partial charge on any atom is 0.129 e. The Morgan fingerprint density at radius 3 is 2.65 bits per heavy atom. The van der Waals surface area contributed by atoms with E-state index in [1.807, 2.05) is 19.9 Å². The molecule has 3 nitrogen and oxygen atoms in total. The third-order valence-electron chi connectivity index (χ3n) is 4.00. The lowest BCUT2D eigenvalue weighted by atomic mass is 9.74. The van der Waals surface area contributed by atoms with E-state index in [2.05, 4.69) is 4.98 Å². The Balaban J connectivity index is 2.32. The van der Waals surface area contributed by atoms with Crippen LogP contribution in [0.15, 0.2) is 12.3 Å². The van der Waals surface area contributed by atoms with Crippen molar-refractivity contribution in [3.8, 4) is 0 Å². The average molecular weight is 234 g/mol. The second kappa shape index (κ2) is 4.65. The van der Waals surface area contributed by atoms with Gasteiger partial charge in [-0.05, 0) is 44.2 Å². The Bertz CT molecular complexity index is 395. The van der Waals surface area contributed by atoms with Crippen molar-refractivity contribution in [2.24, 2.45) is 5.92 Å². The molecule has 2 rings (SSSR count). The molecule has 1 aliphatic rings. The van der Waals surface area contributed by atoms with E-state index in [1.165, 1.54) is 19.3 Å². The van der Waals surface area contributed by atoms with Gasteiger partial charge in [0.15, 0.2) is 0 Å². The Labute approximate surface area is 103 Å². The van der Waals surface area contributed by atoms with E-state index in [0.29, 0.717) is 11.7 Å². The lowest BCUT2D eigenvalue weighted by Gasteiger charge is -2.36. The summed E-state index contributed by atoms with van der Waals surface area (Å²) >= 11 is 0. The van der Waals surface area contributed by atoms with Gasteiger partial charge < -0.3 is 10.8 Å². The molecule has 3 N–H and O–H groups in total. The summed E-state index contributed by atoms with van der Waals surface area (Å²) in [7, 11) is 0. The lowest BCUT2D eigenvalue weighted by Crippen LogP contribution is -2.34. The van der Waals surface area contributed by atoms with Crippen molar-refractivity contribution < 1.29 is 5.11 Å². The van der Waals surface area contributed by atoms with Crippen LogP contribution in [0.25, 0.3) is 0 Å². The van der Waals surface area contributed by atoms with Gasteiger partial charge in [0, 0.05) is 11.8 Å². The fourth-order valence-corrected chi connectivity index (χ4v) is 2.87. The Kier molecular flexibility index (Phi) is 3.38. The highest BCUT2D eigenvalue weighted by atomic mass is 16.3. The van der Waals surface area contributed by atoms with Crippen LogP contribution in [0.3, 0.4) is 0 Å². The van der Waals surface area contributed by atoms with Crippen LogP contribution in [-0.2, 0) is 5.60 Å². The van der Waals surface area contributed by atoms with Crippen molar-refractivity contribution in [1.29, 1.82) is 0 Å². The van der Waals surface area contributed by atoms with E-state index in [4.69, 9.17) is 5.73 Å². The van der Waals surface area contributed by atoms with Crippen molar-refractivity contribution in [1.82, 2.24) is 4.98 Å². The fourth-order valence-electron chi connectivity index (χ4n) is 2.87. The lowest BCUT2D eigenvalue weighted by molar-refractivity contribution is -0.0211. The number of hydrogen-bond acceptors (Lipinski definition) is 3. The van der Waals surface area contributed by atoms with Crippen LogP contribution in [0, 0.1) is 12.8 Å². The number of rotatable bonds is 2. The van der Waals surface area contributed by atoms with Crippen molar-refractivity contribution in [2.45, 2.75) is 51.6 Å². The smallest absolute Gasteiger partial charge is 0.129 e. The number of nitrogen functional groups attached to an aromatic ring is 1. The van der Waals surface area contributed by atoms with Gasteiger partial charge in [-0.1, -0.05) is 19.3 Å². The quantitative estimate of drug-likeness (QED) is 0.827. The molecule has 1 heterocycles. The molecular weight excluding hydrogens is 212 g/mol. The highest BCUT2D eigenvalue weighted by molar-refractivity contribution is 5.44. The molecule has 1 atom stereocenters. The molecule has 0 amide bonds. The second-order valence-corrected chi connectivity index (χ2v) is 5.43. The summed E-state index contributed by atoms with van der Waals surface area (Å²) in [5, 5.41) is 10.8. The van der Waals surface area contributed by atoms with E-state index in [9.17, 15) is 5.11 Å². The maximum atomic E-state index is 10.8. The summed E-state index contributed by atoms with van der Waals surface area (Å²) in [6, 6.07) is 1.97. The maximum absolute atomic E-state index is 10.8. The number of aryl methyl sites for hydroxylation is 1. The molecule has 1 aromatic rings. The topological polar surface area (TPSA) is 59.1 Å². The standard InChI is InChI=1S/C14H22N2O/c1-10-8-12(13(15)16-9-10)14(2,17)11-6-4-3-5-7-11/h8-9,11,17H,3-7H2,1-2H3,(H2,15,16). The number of nitrogens with zero attached hydrogens (tertiary/aromatic N) is 1. The highest BCUT2D eigenvalue weighted by Gasteiger charge is 2.36. The molecular formula is C14H22N2O. The first-order chi connectivity index (χ1) is 8.01. The second-order valence-electron chi connectivity index (χ2n) is 5.43. The summed E-state index contributed by atoms with van der Waals surface area (Å²) in [6.07, 6.45) is 7.62. The van der Waals surface area contributed by atoms with Crippen LogP contribution >= 0.6 is 0 Å². The monoisotopic (exact) mass is 234 g/mol. The molecule has 94 valence electrons. The molecule has 1 fully saturated rings. The minimum Gasteiger partial charge on any atom is -0.385 e. The molecule has 0 spiro atoms. The minimum atomic E-state index is -0.844. The number of anilines is 1. The van der Waals surface area contributed by atoms with Gasteiger partial charge in [0.25, 0.3) is 0 Å². The van der Waals surface area contributed by atoms with Gasteiger partial charge in [-0.15, -0.1) is 0 Å². The summed E-state index contributed by atoms with van der Waals surface area (Å²) in [5.41, 5.74) is 6.91. The number of pyridine rings is 1. The normalized spacial score (nSPS) is 21.1. The molecule has 0 bridgehead atoms. The molecule has 3 heteroatoms. The molecule has 0 radical (unpaired) electrons. The van der Waals surface area contributed by atoms with Gasteiger partial charge in [-0.25, -0.2) is 4.98 Å². The van der Waals surface area contributed by atoms with E-state index >= 15 is 0 Å². The Hall–Kier alpha value is -1.09. The van der Waals surface area contributed by atoms with E-state index in [1.54, 1.807) is 6.20 Å². The number of aliphatic hydroxyl groups is 1. The zero-order valence-electron chi connectivity index (χ0n) is 10.7. The first kappa shape index (κ1) is 12.4. The minimum absolute atomic E-state index is 0.308. The van der Waals surface area contributed by atoms with Gasteiger partial charge in [-0.3, -0.25) is 0 Å². The predicted molar refractivity (Wildman–Crippen MR) is 69.5 cm³/mol. The molecule has 17 heavy (non-hydrogen) atoms. The molecule has 1 aromatic heterocycles. The SMILES string of the molecule is Cc1cnc(N)c(C(C)(O)C2CCCCC2)c1. The van der Waals surface area contributed by atoms with E-state index in [-0.39, 0.29) is 0 Å². The highest BCUT2D eigenvalue weighted by Crippen LogP contribution is 2.40. The third-order valence-corrected chi connectivity index (χ3v) is 4.00. The summed E-state index contributed by atoms with van der Waals surface area (Å²) in [6.45, 7) is 3.86. The average Bonchev–Trinajstić information content (AvgIpc) is 2.33. The van der Waals surface area contributed by atoms with Gasteiger partial charge >= 0.3 is 0 Å². The van der Waals surface area contributed by atoms with Crippen molar-refractivity contribution in [2.75, 3.05) is 5.73 Å². The zero-order valence-corrected chi connectivity index (χ0v) is 10.7. The predicted octanol–water partition coefficient (Wildman–Crippen LogP) is 2.76. The number of hydrogen-bond donors (Lipinski definition) is 2. The first-order valence-corrected chi connectivity index (χ1v) is 6.47. The van der Waals surface area contributed by atoms with Crippen LogP contribution in [0.2, 0.25) is 0 Å². The Morgan fingerprint density at radius 1 is 1.35 bits per heavy atom. The Morgan fingerprint density at radius 2 is 2.00 bits per heavy atom. The zero-order chi connectivity index (χ0) is 12.5.